The lowest BCUT2D eigenvalue weighted by atomic mass is 9.84. The molecule has 1 saturated carbocycles. The average molecular weight is 298 g/mol. The van der Waals surface area contributed by atoms with Crippen LogP contribution < -0.4 is 14.8 Å². The number of methoxy groups -OCH3 is 2. The molecule has 0 aliphatic heterocycles. The lowest BCUT2D eigenvalue weighted by Crippen LogP contribution is -2.26. The average Bonchev–Trinajstić information content (AvgIpc) is 2.49. The molecule has 20 heavy (non-hydrogen) atoms. The van der Waals surface area contributed by atoms with Crippen LogP contribution in [0, 0.1) is 5.92 Å². The minimum Gasteiger partial charge on any atom is -0.495 e. The van der Waals surface area contributed by atoms with Gasteiger partial charge in [0.25, 0.3) is 0 Å². The molecule has 1 aliphatic rings. The summed E-state index contributed by atoms with van der Waals surface area (Å²) in [6.07, 6.45) is 6.34. The summed E-state index contributed by atoms with van der Waals surface area (Å²) in [4.78, 5) is 0. The lowest BCUT2D eigenvalue weighted by molar-refractivity contribution is 0.329. The minimum atomic E-state index is 0.512. The second-order valence-electron chi connectivity index (χ2n) is 5.46. The van der Waals surface area contributed by atoms with Crippen LogP contribution in [0.4, 0.5) is 5.69 Å². The van der Waals surface area contributed by atoms with E-state index in [4.69, 9.17) is 21.1 Å². The quantitative estimate of drug-likeness (QED) is 0.851. The molecule has 1 aromatic carbocycles. The number of benzene rings is 1. The zero-order valence-electron chi connectivity index (χ0n) is 12.5. The molecule has 0 atom stereocenters. The van der Waals surface area contributed by atoms with Crippen molar-refractivity contribution in [2.24, 2.45) is 5.92 Å². The van der Waals surface area contributed by atoms with Gasteiger partial charge in [-0.2, -0.15) is 0 Å². The Hall–Kier alpha value is -1.09. The van der Waals surface area contributed by atoms with Crippen molar-refractivity contribution < 1.29 is 9.47 Å². The minimum absolute atomic E-state index is 0.512. The summed E-state index contributed by atoms with van der Waals surface area (Å²) < 4.78 is 10.7. The predicted octanol–water partition coefficient (Wildman–Crippen LogP) is 4.74. The first-order chi connectivity index (χ1) is 9.67. The van der Waals surface area contributed by atoms with Gasteiger partial charge in [0, 0.05) is 18.2 Å². The third kappa shape index (κ3) is 3.51. The van der Waals surface area contributed by atoms with Gasteiger partial charge < -0.3 is 14.8 Å². The molecule has 0 saturated heterocycles. The van der Waals surface area contributed by atoms with Gasteiger partial charge >= 0.3 is 0 Å². The highest BCUT2D eigenvalue weighted by Gasteiger charge is 2.21. The molecular formula is C16H24ClNO2. The zero-order chi connectivity index (χ0) is 14.5. The molecule has 1 N–H and O–H groups in total. The number of hydrogen-bond acceptors (Lipinski definition) is 3. The third-order valence-corrected chi connectivity index (χ3v) is 4.55. The Labute approximate surface area is 126 Å². The van der Waals surface area contributed by atoms with Crippen LogP contribution in [0.1, 0.15) is 39.0 Å². The molecule has 0 radical (unpaired) electrons. The molecule has 0 heterocycles. The molecule has 2 rings (SSSR count). The Morgan fingerprint density at radius 3 is 2.30 bits per heavy atom. The van der Waals surface area contributed by atoms with Gasteiger partial charge in [-0.25, -0.2) is 0 Å². The zero-order valence-corrected chi connectivity index (χ0v) is 13.3. The van der Waals surface area contributed by atoms with Crippen LogP contribution in [-0.4, -0.2) is 20.3 Å². The molecule has 1 fully saturated rings. The van der Waals surface area contributed by atoms with E-state index in [-0.39, 0.29) is 0 Å². The fourth-order valence-corrected chi connectivity index (χ4v) is 3.14. The van der Waals surface area contributed by atoms with Gasteiger partial charge in [0.15, 0.2) is 0 Å². The van der Waals surface area contributed by atoms with Crippen molar-refractivity contribution in [2.75, 3.05) is 19.5 Å². The van der Waals surface area contributed by atoms with Crippen molar-refractivity contribution in [3.05, 3.63) is 17.2 Å². The van der Waals surface area contributed by atoms with E-state index >= 15 is 0 Å². The first kappa shape index (κ1) is 15.3. The van der Waals surface area contributed by atoms with Gasteiger partial charge in [0.2, 0.25) is 0 Å². The van der Waals surface area contributed by atoms with Crippen molar-refractivity contribution in [1.82, 2.24) is 0 Å². The molecule has 0 amide bonds. The number of hydrogen-bond donors (Lipinski definition) is 1. The van der Waals surface area contributed by atoms with Crippen molar-refractivity contribution in [3.63, 3.8) is 0 Å². The monoisotopic (exact) mass is 297 g/mol. The SMILES string of the molecule is CCC1CCC(Nc2cc(OC)c(Cl)cc2OC)CC1. The molecule has 0 bridgehead atoms. The first-order valence-corrected chi connectivity index (χ1v) is 7.73. The van der Waals surface area contributed by atoms with E-state index in [0.29, 0.717) is 16.8 Å². The van der Waals surface area contributed by atoms with E-state index in [1.807, 2.05) is 6.07 Å². The third-order valence-electron chi connectivity index (χ3n) is 4.26. The topological polar surface area (TPSA) is 30.5 Å². The number of ether oxygens (including phenoxy) is 2. The van der Waals surface area contributed by atoms with E-state index in [1.54, 1.807) is 20.3 Å². The Kier molecular flexibility index (Phi) is 5.41. The van der Waals surface area contributed by atoms with Crippen molar-refractivity contribution >= 4 is 17.3 Å². The number of nitrogens with one attached hydrogen (secondary N) is 1. The summed E-state index contributed by atoms with van der Waals surface area (Å²) in [6.45, 7) is 2.28. The van der Waals surface area contributed by atoms with Crippen LogP contribution >= 0.6 is 11.6 Å². The van der Waals surface area contributed by atoms with E-state index in [2.05, 4.69) is 12.2 Å². The van der Waals surface area contributed by atoms with Crippen molar-refractivity contribution in [2.45, 2.75) is 45.1 Å². The maximum absolute atomic E-state index is 6.13. The van der Waals surface area contributed by atoms with Gasteiger partial charge in [0.1, 0.15) is 11.5 Å². The van der Waals surface area contributed by atoms with Gasteiger partial charge in [-0.15, -0.1) is 0 Å². The van der Waals surface area contributed by atoms with Gasteiger partial charge in [-0.3, -0.25) is 0 Å². The maximum Gasteiger partial charge on any atom is 0.143 e. The van der Waals surface area contributed by atoms with E-state index in [1.165, 1.54) is 32.1 Å². The normalized spacial score (nSPS) is 22.4. The largest absolute Gasteiger partial charge is 0.495 e. The smallest absolute Gasteiger partial charge is 0.143 e. The predicted molar refractivity (Wildman–Crippen MR) is 84.2 cm³/mol. The Balaban J connectivity index is 2.08. The molecule has 0 aromatic heterocycles. The summed E-state index contributed by atoms with van der Waals surface area (Å²) in [6, 6.07) is 4.24. The summed E-state index contributed by atoms with van der Waals surface area (Å²) in [5.74, 6) is 2.35. The van der Waals surface area contributed by atoms with Crippen LogP contribution in [0.15, 0.2) is 12.1 Å². The molecule has 3 nitrogen and oxygen atoms in total. The highest BCUT2D eigenvalue weighted by molar-refractivity contribution is 6.32. The molecule has 112 valence electrons. The molecule has 1 aromatic rings. The second kappa shape index (κ2) is 7.07. The summed E-state index contributed by atoms with van der Waals surface area (Å²) in [7, 11) is 3.29. The van der Waals surface area contributed by atoms with Gasteiger partial charge in [-0.1, -0.05) is 24.9 Å². The lowest BCUT2D eigenvalue weighted by Gasteiger charge is -2.29. The van der Waals surface area contributed by atoms with Gasteiger partial charge in [-0.05, 0) is 31.6 Å². The molecule has 1 aliphatic carbocycles. The van der Waals surface area contributed by atoms with Crippen LogP contribution in [0.2, 0.25) is 5.02 Å². The highest BCUT2D eigenvalue weighted by atomic mass is 35.5. The van der Waals surface area contributed by atoms with Crippen LogP contribution in [0.25, 0.3) is 0 Å². The number of halogens is 1. The van der Waals surface area contributed by atoms with E-state index in [0.717, 1.165) is 17.4 Å². The summed E-state index contributed by atoms with van der Waals surface area (Å²) in [5, 5.41) is 4.16. The standard InChI is InChI=1S/C16H24ClNO2/c1-4-11-5-7-12(8-6-11)18-14-10-15(19-2)13(17)9-16(14)20-3/h9-12,18H,4-8H2,1-3H3. The van der Waals surface area contributed by atoms with E-state index in [9.17, 15) is 0 Å². The summed E-state index contributed by atoms with van der Waals surface area (Å²) in [5.41, 5.74) is 0.966. The Morgan fingerprint density at radius 1 is 1.10 bits per heavy atom. The van der Waals surface area contributed by atoms with Crippen LogP contribution in [0.3, 0.4) is 0 Å². The maximum atomic E-state index is 6.13. The second-order valence-corrected chi connectivity index (χ2v) is 5.86. The fraction of sp³-hybridized carbons (Fsp3) is 0.625. The van der Waals surface area contributed by atoms with Crippen molar-refractivity contribution in [1.29, 1.82) is 0 Å². The number of anilines is 1. The Morgan fingerprint density at radius 2 is 1.75 bits per heavy atom. The Bertz CT molecular complexity index is 442. The summed E-state index contributed by atoms with van der Waals surface area (Å²) >= 11 is 6.13. The highest BCUT2D eigenvalue weighted by Crippen LogP contribution is 2.37. The first-order valence-electron chi connectivity index (χ1n) is 7.36. The molecule has 4 heteroatoms. The number of rotatable bonds is 5. The van der Waals surface area contributed by atoms with Crippen LogP contribution in [0.5, 0.6) is 11.5 Å². The van der Waals surface area contributed by atoms with Crippen molar-refractivity contribution in [3.8, 4) is 11.5 Å². The fourth-order valence-electron chi connectivity index (χ4n) is 2.91. The van der Waals surface area contributed by atoms with E-state index < -0.39 is 0 Å². The van der Waals surface area contributed by atoms with Gasteiger partial charge in [0.05, 0.1) is 24.9 Å². The molecule has 0 spiro atoms. The molecular weight excluding hydrogens is 274 g/mol. The molecule has 0 unspecified atom stereocenters. The van der Waals surface area contributed by atoms with Crippen LogP contribution in [-0.2, 0) is 0 Å².